The van der Waals surface area contributed by atoms with Crippen molar-refractivity contribution in [1.82, 2.24) is 0 Å². The minimum atomic E-state index is -1.80. The smallest absolute Gasteiger partial charge is 0.417 e. The molecule has 10 heteroatoms. The normalized spacial score (nSPS) is 10.7. The predicted molar refractivity (Wildman–Crippen MR) is 104 cm³/mol. The van der Waals surface area contributed by atoms with Crippen molar-refractivity contribution in [1.29, 1.82) is 0 Å². The summed E-state index contributed by atoms with van der Waals surface area (Å²) in [5.74, 6) is -5.80. The number of ketones is 2. The van der Waals surface area contributed by atoms with Gasteiger partial charge < -0.3 is 9.84 Å². The molecule has 1 N–H and O–H groups in total. The van der Waals surface area contributed by atoms with E-state index in [0.29, 0.717) is 0 Å². The maximum atomic E-state index is 13.0. The molecule has 0 spiro atoms. The molecule has 0 bridgehead atoms. The Morgan fingerprint density at radius 3 is 1.58 bits per heavy atom. The average molecular weight is 422 g/mol. The Labute approximate surface area is 174 Å². The number of Topliss-reactive ketones (excluding diaryl/α,β-unsaturated/α-hetero) is 2. The van der Waals surface area contributed by atoms with Crippen LogP contribution >= 0.6 is 0 Å². The van der Waals surface area contributed by atoms with E-state index in [-0.39, 0.29) is 28.9 Å². The Bertz CT molecular complexity index is 1020. The van der Waals surface area contributed by atoms with Crippen LogP contribution in [0.2, 0.25) is 0 Å². The topological polar surface area (TPSA) is 157 Å². The molecule has 0 unspecified atom stereocenters. The minimum Gasteiger partial charge on any atom is -0.473 e. The summed E-state index contributed by atoms with van der Waals surface area (Å²) in [6.45, 7) is -0.478. The molecule has 0 radical (unpaired) electrons. The molecule has 0 amide bonds. The quantitative estimate of drug-likeness (QED) is 0.161. The van der Waals surface area contributed by atoms with E-state index >= 15 is 0 Å². The monoisotopic (exact) mass is 422 g/mol. The molecule has 0 aliphatic carbocycles. The van der Waals surface area contributed by atoms with Gasteiger partial charge in [0.25, 0.3) is 0 Å². The number of aliphatic carboxylic acids is 1. The van der Waals surface area contributed by atoms with Gasteiger partial charge in [-0.15, -0.1) is 0 Å². The van der Waals surface area contributed by atoms with Gasteiger partial charge in [0.2, 0.25) is 12.2 Å². The van der Waals surface area contributed by atoms with Crippen LogP contribution in [-0.4, -0.2) is 47.4 Å². The van der Waals surface area contributed by atoms with Gasteiger partial charge in [0.15, 0.2) is 11.6 Å². The van der Waals surface area contributed by atoms with Crippen molar-refractivity contribution < 1.29 is 38.6 Å². The first-order valence-corrected chi connectivity index (χ1v) is 8.71. The summed E-state index contributed by atoms with van der Waals surface area (Å²) in [5, 5.41) is 8.58. The van der Waals surface area contributed by atoms with Crippen LogP contribution in [0.5, 0.6) is 0 Å². The van der Waals surface area contributed by atoms with Crippen LogP contribution in [0.4, 0.5) is 11.4 Å². The molecule has 156 valence electrons. The lowest BCUT2D eigenvalue weighted by Gasteiger charge is -2.15. The largest absolute Gasteiger partial charge is 0.473 e. The summed E-state index contributed by atoms with van der Waals surface area (Å²) in [6.07, 6.45) is 2.46. The highest BCUT2D eigenvalue weighted by Gasteiger charge is 2.29. The lowest BCUT2D eigenvalue weighted by atomic mass is 9.87. The van der Waals surface area contributed by atoms with Gasteiger partial charge in [-0.1, -0.05) is 0 Å². The molecule has 0 atom stereocenters. The zero-order valence-electron chi connectivity index (χ0n) is 15.8. The van der Waals surface area contributed by atoms with Gasteiger partial charge in [-0.2, -0.15) is 9.98 Å². The standard InChI is InChI=1S/C21H14N2O8/c24-11-22-15-5-1-13(2-6-15)18(26)17(9-10-31-21(30)20(28)29)19(27)14-3-7-16(8-4-14)23-12-25/h1-8,17H,9-10H2,(H,28,29). The van der Waals surface area contributed by atoms with Crippen LogP contribution in [0.1, 0.15) is 27.1 Å². The fourth-order valence-corrected chi connectivity index (χ4v) is 2.62. The number of carbonyl (C=O) groups excluding carboxylic acids is 5. The van der Waals surface area contributed by atoms with Crippen LogP contribution in [0, 0.1) is 5.92 Å². The first kappa shape index (κ1) is 22.8. The predicted octanol–water partition coefficient (Wildman–Crippen LogP) is 2.32. The van der Waals surface area contributed by atoms with Crippen LogP contribution < -0.4 is 0 Å². The van der Waals surface area contributed by atoms with Crippen molar-refractivity contribution >= 4 is 47.0 Å². The van der Waals surface area contributed by atoms with Gasteiger partial charge in [-0.25, -0.2) is 19.2 Å². The maximum Gasteiger partial charge on any atom is 0.417 e. The lowest BCUT2D eigenvalue weighted by Crippen LogP contribution is -2.27. The molecular weight excluding hydrogens is 408 g/mol. The van der Waals surface area contributed by atoms with Crippen molar-refractivity contribution in [3.63, 3.8) is 0 Å². The Morgan fingerprint density at radius 1 is 0.806 bits per heavy atom. The van der Waals surface area contributed by atoms with E-state index in [1.54, 1.807) is 0 Å². The number of aliphatic imine (C=N–C) groups is 2. The summed E-state index contributed by atoms with van der Waals surface area (Å²) in [5.41, 5.74) is 0.789. The fraction of sp³-hybridized carbons (Fsp3) is 0.143. The average Bonchev–Trinajstić information content (AvgIpc) is 2.77. The third kappa shape index (κ3) is 6.23. The van der Waals surface area contributed by atoms with E-state index in [0.717, 1.165) is 0 Å². The Kier molecular flexibility index (Phi) is 7.98. The molecule has 0 saturated heterocycles. The van der Waals surface area contributed by atoms with Crippen LogP contribution in [-0.2, 0) is 23.9 Å². The second-order valence-corrected chi connectivity index (χ2v) is 6.01. The summed E-state index contributed by atoms with van der Waals surface area (Å²) in [6, 6.07) is 11.0. The first-order chi connectivity index (χ1) is 14.9. The van der Waals surface area contributed by atoms with E-state index < -0.39 is 36.0 Å². The van der Waals surface area contributed by atoms with Crippen LogP contribution in [0.25, 0.3) is 0 Å². The molecular formula is C21H14N2O8. The molecule has 31 heavy (non-hydrogen) atoms. The van der Waals surface area contributed by atoms with E-state index in [4.69, 9.17) is 5.11 Å². The Morgan fingerprint density at radius 2 is 1.23 bits per heavy atom. The van der Waals surface area contributed by atoms with Gasteiger partial charge in [0, 0.05) is 11.1 Å². The van der Waals surface area contributed by atoms with Gasteiger partial charge in [0.1, 0.15) is 0 Å². The SMILES string of the molecule is O=C=Nc1ccc(C(=O)C(CCOC(=O)C(=O)O)C(=O)c2ccc(N=C=O)cc2)cc1. The molecule has 2 rings (SSSR count). The molecule has 0 aromatic heterocycles. The Balaban J connectivity index is 2.29. The molecule has 2 aromatic rings. The summed E-state index contributed by atoms with van der Waals surface area (Å²) < 4.78 is 4.55. The first-order valence-electron chi connectivity index (χ1n) is 8.71. The van der Waals surface area contributed by atoms with Crippen molar-refractivity contribution in [2.45, 2.75) is 6.42 Å². The number of carbonyl (C=O) groups is 4. The van der Waals surface area contributed by atoms with Gasteiger partial charge in [-0.05, 0) is 55.0 Å². The maximum absolute atomic E-state index is 13.0. The van der Waals surface area contributed by atoms with E-state index in [1.807, 2.05) is 0 Å². The number of hydrogen-bond donors (Lipinski definition) is 1. The van der Waals surface area contributed by atoms with Crippen molar-refractivity contribution in [3.05, 3.63) is 59.7 Å². The van der Waals surface area contributed by atoms with Gasteiger partial charge in [-0.3, -0.25) is 9.59 Å². The fourth-order valence-electron chi connectivity index (χ4n) is 2.62. The summed E-state index contributed by atoms with van der Waals surface area (Å²) >= 11 is 0. The second kappa shape index (κ2) is 10.9. The van der Waals surface area contributed by atoms with Crippen molar-refractivity contribution in [2.75, 3.05) is 6.61 Å². The number of isocyanates is 2. The number of benzene rings is 2. The zero-order valence-corrected chi connectivity index (χ0v) is 15.8. The van der Waals surface area contributed by atoms with Crippen LogP contribution in [0.3, 0.4) is 0 Å². The highest BCUT2D eigenvalue weighted by atomic mass is 16.6. The third-order valence-corrected chi connectivity index (χ3v) is 4.10. The van der Waals surface area contributed by atoms with E-state index in [9.17, 15) is 28.8 Å². The number of rotatable bonds is 9. The second-order valence-electron chi connectivity index (χ2n) is 6.01. The number of carboxylic acid groups (broad SMARTS) is 1. The van der Waals surface area contributed by atoms with Crippen molar-refractivity contribution in [3.8, 4) is 0 Å². The molecule has 2 aromatic carbocycles. The van der Waals surface area contributed by atoms with E-state index in [1.165, 1.54) is 60.7 Å². The number of esters is 1. The van der Waals surface area contributed by atoms with Gasteiger partial charge in [0.05, 0.1) is 23.9 Å². The summed E-state index contributed by atoms with van der Waals surface area (Å²) in [4.78, 5) is 75.1. The van der Waals surface area contributed by atoms with Gasteiger partial charge >= 0.3 is 11.9 Å². The third-order valence-electron chi connectivity index (χ3n) is 4.10. The molecule has 10 nitrogen and oxygen atoms in total. The number of hydrogen-bond acceptors (Lipinski definition) is 9. The number of carboxylic acids is 1. The van der Waals surface area contributed by atoms with Crippen LogP contribution in [0.15, 0.2) is 58.5 Å². The van der Waals surface area contributed by atoms with E-state index in [2.05, 4.69) is 14.7 Å². The molecule has 0 aliphatic rings. The highest BCUT2D eigenvalue weighted by molar-refractivity contribution is 6.28. The van der Waals surface area contributed by atoms with Crippen molar-refractivity contribution in [2.24, 2.45) is 15.9 Å². The molecule has 0 aliphatic heterocycles. The zero-order chi connectivity index (χ0) is 22.8. The lowest BCUT2D eigenvalue weighted by molar-refractivity contribution is -0.164. The Hall–Kier alpha value is -4.52. The summed E-state index contributed by atoms with van der Waals surface area (Å²) in [7, 11) is 0. The molecule has 0 fully saturated rings. The molecule has 0 saturated carbocycles. The molecule has 0 heterocycles. The highest BCUT2D eigenvalue weighted by Crippen LogP contribution is 2.22. The number of nitrogens with zero attached hydrogens (tertiary/aromatic N) is 2. The number of ether oxygens (including phenoxy) is 1. The minimum absolute atomic E-state index is 0.134.